The fraction of sp³-hybridized carbons (Fsp3) is 0.333. The molecule has 0 unspecified atom stereocenters. The zero-order valence-electron chi connectivity index (χ0n) is 6.63. The number of ether oxygens (including phenoxy) is 1. The van der Waals surface area contributed by atoms with Crippen LogP contribution in [-0.4, -0.2) is 6.61 Å². The molecule has 0 aliphatic carbocycles. The zero-order valence-corrected chi connectivity index (χ0v) is 6.63. The predicted octanol–water partition coefficient (Wildman–Crippen LogP) is 2.67. The van der Waals surface area contributed by atoms with Crippen LogP contribution in [0.3, 0.4) is 0 Å². The average Bonchev–Trinajstić information content (AvgIpc) is 1.89. The van der Waals surface area contributed by atoms with Crippen LogP contribution in [0.15, 0.2) is 36.6 Å². The third-order valence-corrected chi connectivity index (χ3v) is 0.915. The Hall–Kier alpha value is -0.980. The first-order chi connectivity index (χ1) is 4.81. The summed E-state index contributed by atoms with van der Waals surface area (Å²) < 4.78 is 5.07. The van der Waals surface area contributed by atoms with Gasteiger partial charge in [0.25, 0.3) is 0 Å². The van der Waals surface area contributed by atoms with Gasteiger partial charge in [-0.25, -0.2) is 0 Å². The summed E-state index contributed by atoms with van der Waals surface area (Å²) in [7, 11) is 0. The Morgan fingerprint density at radius 1 is 1.50 bits per heavy atom. The molecular weight excluding hydrogens is 124 g/mol. The summed E-state index contributed by atoms with van der Waals surface area (Å²) in [6, 6.07) is 0. The molecule has 0 atom stereocenters. The van der Waals surface area contributed by atoms with Crippen molar-refractivity contribution in [3.63, 3.8) is 0 Å². The lowest BCUT2D eigenvalue weighted by atomic mass is 10.4. The third-order valence-electron chi connectivity index (χ3n) is 0.915. The third kappa shape index (κ3) is 5.16. The van der Waals surface area contributed by atoms with E-state index >= 15 is 0 Å². The second kappa shape index (κ2) is 6.14. The van der Waals surface area contributed by atoms with Gasteiger partial charge in [0.15, 0.2) is 0 Å². The minimum atomic E-state index is 0.680. The van der Waals surface area contributed by atoms with Gasteiger partial charge < -0.3 is 4.74 Å². The molecule has 0 radical (unpaired) electrons. The Morgan fingerprint density at radius 3 is 2.70 bits per heavy atom. The molecule has 0 aromatic carbocycles. The molecule has 0 aliphatic rings. The zero-order chi connectivity index (χ0) is 7.82. The van der Waals surface area contributed by atoms with Crippen molar-refractivity contribution in [1.82, 2.24) is 0 Å². The number of rotatable bonds is 4. The van der Waals surface area contributed by atoms with E-state index in [2.05, 4.69) is 6.58 Å². The molecule has 1 heteroatoms. The Bertz CT molecular complexity index is 143. The fourth-order valence-electron chi connectivity index (χ4n) is 0.507. The van der Waals surface area contributed by atoms with E-state index in [-0.39, 0.29) is 0 Å². The van der Waals surface area contributed by atoms with Crippen molar-refractivity contribution >= 4 is 0 Å². The molecule has 0 aromatic heterocycles. The lowest BCUT2D eigenvalue weighted by Gasteiger charge is -1.98. The highest BCUT2D eigenvalue weighted by Gasteiger charge is 1.80. The summed E-state index contributed by atoms with van der Waals surface area (Å²) >= 11 is 0. The van der Waals surface area contributed by atoms with E-state index in [0.717, 1.165) is 0 Å². The first kappa shape index (κ1) is 9.02. The van der Waals surface area contributed by atoms with Gasteiger partial charge in [-0.15, -0.1) is 0 Å². The summed E-state index contributed by atoms with van der Waals surface area (Å²) in [6.07, 6.45) is 7.63. The van der Waals surface area contributed by atoms with E-state index in [1.54, 1.807) is 0 Å². The maximum absolute atomic E-state index is 5.07. The minimum absolute atomic E-state index is 0.680. The molecule has 10 heavy (non-hydrogen) atoms. The number of allylic oxidation sites excluding steroid dienone is 4. The van der Waals surface area contributed by atoms with Crippen LogP contribution < -0.4 is 0 Å². The minimum Gasteiger partial charge on any atom is -0.495 e. The normalized spacial score (nSPS) is 11.0. The van der Waals surface area contributed by atoms with Crippen molar-refractivity contribution in [3.8, 4) is 0 Å². The van der Waals surface area contributed by atoms with E-state index in [1.807, 2.05) is 38.2 Å². The summed E-state index contributed by atoms with van der Waals surface area (Å²) in [5, 5.41) is 0. The molecule has 0 aliphatic heterocycles. The van der Waals surface area contributed by atoms with Gasteiger partial charge in [-0.05, 0) is 19.9 Å². The summed E-state index contributed by atoms with van der Waals surface area (Å²) in [6.45, 7) is 8.26. The van der Waals surface area contributed by atoms with Gasteiger partial charge in [0.2, 0.25) is 0 Å². The highest BCUT2D eigenvalue weighted by molar-refractivity contribution is 5.13. The topological polar surface area (TPSA) is 9.23 Å². The van der Waals surface area contributed by atoms with Gasteiger partial charge >= 0.3 is 0 Å². The van der Waals surface area contributed by atoms with Crippen LogP contribution >= 0.6 is 0 Å². The summed E-state index contributed by atoms with van der Waals surface area (Å²) in [4.78, 5) is 0. The second-order valence-corrected chi connectivity index (χ2v) is 1.78. The van der Waals surface area contributed by atoms with E-state index in [9.17, 15) is 0 Å². The fourth-order valence-corrected chi connectivity index (χ4v) is 0.507. The molecule has 0 fully saturated rings. The maximum atomic E-state index is 5.07. The van der Waals surface area contributed by atoms with Crippen molar-refractivity contribution in [2.24, 2.45) is 0 Å². The van der Waals surface area contributed by atoms with Crippen LogP contribution in [0, 0.1) is 0 Å². The molecule has 56 valence electrons. The molecule has 0 N–H and O–H groups in total. The predicted molar refractivity (Wildman–Crippen MR) is 44.7 cm³/mol. The van der Waals surface area contributed by atoms with Crippen LogP contribution in [0.5, 0.6) is 0 Å². The summed E-state index contributed by atoms with van der Waals surface area (Å²) in [5.41, 5.74) is 0. The SMILES string of the molecule is C=C(/C=C\C=C/C)OCC. The monoisotopic (exact) mass is 138 g/mol. The van der Waals surface area contributed by atoms with Crippen LogP contribution in [0.2, 0.25) is 0 Å². The maximum Gasteiger partial charge on any atom is 0.112 e. The smallest absolute Gasteiger partial charge is 0.112 e. The van der Waals surface area contributed by atoms with Crippen LogP contribution in [0.1, 0.15) is 13.8 Å². The van der Waals surface area contributed by atoms with E-state index in [4.69, 9.17) is 4.74 Å². The van der Waals surface area contributed by atoms with Crippen LogP contribution in [0.4, 0.5) is 0 Å². The molecule has 0 heterocycles. The van der Waals surface area contributed by atoms with Crippen molar-refractivity contribution in [1.29, 1.82) is 0 Å². The average molecular weight is 138 g/mol. The number of hydrogen-bond acceptors (Lipinski definition) is 1. The lowest BCUT2D eigenvalue weighted by Crippen LogP contribution is -1.84. The Balaban J connectivity index is 3.56. The Kier molecular flexibility index (Phi) is 5.54. The van der Waals surface area contributed by atoms with Gasteiger partial charge in [0.05, 0.1) is 6.61 Å². The van der Waals surface area contributed by atoms with E-state index in [1.165, 1.54) is 0 Å². The van der Waals surface area contributed by atoms with Crippen molar-refractivity contribution in [2.45, 2.75) is 13.8 Å². The van der Waals surface area contributed by atoms with E-state index < -0.39 is 0 Å². The molecule has 1 nitrogen and oxygen atoms in total. The lowest BCUT2D eigenvalue weighted by molar-refractivity contribution is 0.244. The van der Waals surface area contributed by atoms with E-state index in [0.29, 0.717) is 12.4 Å². The van der Waals surface area contributed by atoms with Gasteiger partial charge in [0, 0.05) is 0 Å². The van der Waals surface area contributed by atoms with Crippen LogP contribution in [0.25, 0.3) is 0 Å². The van der Waals surface area contributed by atoms with Crippen molar-refractivity contribution in [3.05, 3.63) is 36.6 Å². The molecule has 0 spiro atoms. The molecule has 0 saturated heterocycles. The Labute approximate surface area is 62.7 Å². The molecule has 0 saturated carbocycles. The van der Waals surface area contributed by atoms with Crippen molar-refractivity contribution in [2.75, 3.05) is 6.61 Å². The van der Waals surface area contributed by atoms with Crippen molar-refractivity contribution < 1.29 is 4.74 Å². The van der Waals surface area contributed by atoms with Crippen LogP contribution in [-0.2, 0) is 4.74 Å². The quantitative estimate of drug-likeness (QED) is 0.428. The standard InChI is InChI=1S/C9H14O/c1-4-6-7-8-9(3)10-5-2/h4,6-8H,3,5H2,1-2H3/b6-4-,8-7-. The Morgan fingerprint density at radius 2 is 2.20 bits per heavy atom. The molecule has 0 rings (SSSR count). The summed E-state index contributed by atoms with van der Waals surface area (Å²) in [5.74, 6) is 0.709. The second-order valence-electron chi connectivity index (χ2n) is 1.78. The van der Waals surface area contributed by atoms with Gasteiger partial charge in [-0.3, -0.25) is 0 Å². The van der Waals surface area contributed by atoms with Gasteiger partial charge in [-0.2, -0.15) is 0 Å². The molecular formula is C9H14O. The largest absolute Gasteiger partial charge is 0.495 e. The molecule has 0 bridgehead atoms. The molecule has 0 aromatic rings. The highest BCUT2D eigenvalue weighted by Crippen LogP contribution is 1.94. The first-order valence-electron chi connectivity index (χ1n) is 3.42. The highest BCUT2D eigenvalue weighted by atomic mass is 16.5. The first-order valence-corrected chi connectivity index (χ1v) is 3.42. The van der Waals surface area contributed by atoms with Gasteiger partial charge in [-0.1, -0.05) is 24.8 Å². The molecule has 0 amide bonds. The van der Waals surface area contributed by atoms with Gasteiger partial charge in [0.1, 0.15) is 5.76 Å². The number of hydrogen-bond donors (Lipinski definition) is 0.